The third-order valence-electron chi connectivity index (χ3n) is 7.05. The van der Waals surface area contributed by atoms with E-state index < -0.39 is 6.09 Å². The highest BCUT2D eigenvalue weighted by atomic mass is 16.5. The fourth-order valence-corrected chi connectivity index (χ4v) is 4.43. The summed E-state index contributed by atoms with van der Waals surface area (Å²) in [6.07, 6.45) is 1.73. The molecule has 0 saturated carbocycles. The van der Waals surface area contributed by atoms with Crippen molar-refractivity contribution in [2.24, 2.45) is 10.9 Å². The minimum absolute atomic E-state index is 0.102. The van der Waals surface area contributed by atoms with Gasteiger partial charge in [-0.3, -0.25) is 4.79 Å². The zero-order chi connectivity index (χ0) is 28.6. The Labute approximate surface area is 235 Å². The highest BCUT2D eigenvalue weighted by Gasteiger charge is 2.42. The molecule has 0 spiro atoms. The van der Waals surface area contributed by atoms with Crippen LogP contribution in [0, 0.1) is 5.92 Å². The van der Waals surface area contributed by atoms with Crippen LogP contribution in [-0.4, -0.2) is 53.1 Å². The monoisotopic (exact) mass is 541 g/mol. The highest BCUT2D eigenvalue weighted by Crippen LogP contribution is 2.31. The topological polar surface area (TPSA) is 91.7 Å². The van der Waals surface area contributed by atoms with Gasteiger partial charge in [0, 0.05) is 13.0 Å². The second-order valence-electron chi connectivity index (χ2n) is 9.77. The van der Waals surface area contributed by atoms with Crippen LogP contribution in [0.2, 0.25) is 0 Å². The van der Waals surface area contributed by atoms with Gasteiger partial charge in [0.1, 0.15) is 18.1 Å². The second kappa shape index (κ2) is 13.0. The van der Waals surface area contributed by atoms with Crippen molar-refractivity contribution >= 4 is 24.0 Å². The predicted molar refractivity (Wildman–Crippen MR) is 155 cm³/mol. The summed E-state index contributed by atoms with van der Waals surface area (Å²) in [5.74, 6) is 0.890. The number of carbonyl (C=O) groups excluding carboxylic acids is 1. The molecule has 1 aliphatic rings. The SMILES string of the molecule is CCC(C)C(=O)N=C1N(C(=O)O)/C(=C\c2ccc(OC)cc2)C(Cc2ccc(OCc3ccccc3)cc2)N1C. The summed E-state index contributed by atoms with van der Waals surface area (Å²) in [4.78, 5) is 32.5. The maximum Gasteiger partial charge on any atom is 0.418 e. The van der Waals surface area contributed by atoms with Gasteiger partial charge in [-0.1, -0.05) is 68.4 Å². The molecule has 3 aromatic rings. The van der Waals surface area contributed by atoms with E-state index in [2.05, 4.69) is 4.99 Å². The van der Waals surface area contributed by atoms with Gasteiger partial charge in [-0.25, -0.2) is 9.69 Å². The lowest BCUT2D eigenvalue weighted by Crippen LogP contribution is -2.37. The fourth-order valence-electron chi connectivity index (χ4n) is 4.43. The van der Waals surface area contributed by atoms with Crippen LogP contribution in [0.5, 0.6) is 11.5 Å². The Morgan fingerprint density at radius 2 is 1.62 bits per heavy atom. The van der Waals surface area contributed by atoms with E-state index in [1.165, 1.54) is 0 Å². The lowest BCUT2D eigenvalue weighted by Gasteiger charge is -2.21. The Morgan fingerprint density at radius 1 is 0.975 bits per heavy atom. The number of aliphatic imine (C=N–C) groups is 1. The Hall–Kier alpha value is -4.59. The van der Waals surface area contributed by atoms with Gasteiger partial charge in [0.15, 0.2) is 0 Å². The maximum atomic E-state index is 12.8. The number of rotatable bonds is 9. The van der Waals surface area contributed by atoms with Crippen molar-refractivity contribution in [2.45, 2.75) is 39.3 Å². The summed E-state index contributed by atoms with van der Waals surface area (Å²) >= 11 is 0. The van der Waals surface area contributed by atoms with Crippen LogP contribution in [0.3, 0.4) is 0 Å². The highest BCUT2D eigenvalue weighted by molar-refractivity contribution is 6.04. The lowest BCUT2D eigenvalue weighted by molar-refractivity contribution is -0.121. The summed E-state index contributed by atoms with van der Waals surface area (Å²) in [7, 11) is 3.37. The molecule has 8 nitrogen and oxygen atoms in total. The molecule has 4 rings (SSSR count). The van der Waals surface area contributed by atoms with Gasteiger partial charge in [-0.15, -0.1) is 0 Å². The summed E-state index contributed by atoms with van der Waals surface area (Å²) in [6, 6.07) is 24.7. The van der Waals surface area contributed by atoms with Gasteiger partial charge in [0.25, 0.3) is 5.91 Å². The van der Waals surface area contributed by atoms with Gasteiger partial charge >= 0.3 is 6.09 Å². The molecule has 40 heavy (non-hydrogen) atoms. The van der Waals surface area contributed by atoms with E-state index in [1.54, 1.807) is 26.0 Å². The number of benzene rings is 3. The van der Waals surface area contributed by atoms with Crippen molar-refractivity contribution in [2.75, 3.05) is 14.2 Å². The van der Waals surface area contributed by atoms with E-state index in [0.717, 1.165) is 27.3 Å². The van der Waals surface area contributed by atoms with Gasteiger partial charge in [0.2, 0.25) is 5.96 Å². The van der Waals surface area contributed by atoms with E-state index >= 15 is 0 Å². The number of guanidine groups is 1. The Balaban J connectivity index is 1.64. The van der Waals surface area contributed by atoms with Crippen LogP contribution >= 0.6 is 0 Å². The molecule has 0 aromatic heterocycles. The van der Waals surface area contributed by atoms with Gasteiger partial charge in [-0.2, -0.15) is 4.99 Å². The lowest BCUT2D eigenvalue weighted by atomic mass is 10.0. The van der Waals surface area contributed by atoms with Gasteiger partial charge < -0.3 is 19.5 Å². The smallest absolute Gasteiger partial charge is 0.418 e. The molecule has 0 bridgehead atoms. The van der Waals surface area contributed by atoms with E-state index in [1.807, 2.05) is 91.9 Å². The van der Waals surface area contributed by atoms with Gasteiger partial charge in [-0.05, 0) is 59.9 Å². The van der Waals surface area contributed by atoms with Crippen LogP contribution in [0.4, 0.5) is 4.79 Å². The van der Waals surface area contributed by atoms with E-state index in [0.29, 0.717) is 30.9 Å². The molecule has 1 saturated heterocycles. The molecule has 208 valence electrons. The van der Waals surface area contributed by atoms with Crippen molar-refractivity contribution in [1.82, 2.24) is 9.80 Å². The second-order valence-corrected chi connectivity index (χ2v) is 9.77. The molecule has 1 heterocycles. The molecule has 2 atom stereocenters. The molecule has 1 N–H and O–H groups in total. The normalized spacial score (nSPS) is 17.8. The summed E-state index contributed by atoms with van der Waals surface area (Å²) in [5.41, 5.74) is 3.39. The first-order chi connectivity index (χ1) is 19.3. The quantitative estimate of drug-likeness (QED) is 0.353. The molecule has 0 radical (unpaired) electrons. The molecule has 1 fully saturated rings. The number of amides is 2. The van der Waals surface area contributed by atoms with E-state index in [4.69, 9.17) is 9.47 Å². The number of nitrogens with zero attached hydrogens (tertiary/aromatic N) is 3. The third-order valence-corrected chi connectivity index (χ3v) is 7.05. The average molecular weight is 542 g/mol. The molecule has 2 unspecified atom stereocenters. The van der Waals surface area contributed by atoms with Crippen LogP contribution in [0.1, 0.15) is 37.0 Å². The Morgan fingerprint density at radius 3 is 2.23 bits per heavy atom. The first kappa shape index (κ1) is 28.4. The van der Waals surface area contributed by atoms with Crippen LogP contribution in [-0.2, 0) is 17.8 Å². The Bertz CT molecular complexity index is 1370. The molecule has 3 aromatic carbocycles. The van der Waals surface area contributed by atoms with Crippen molar-refractivity contribution < 1.29 is 24.2 Å². The predicted octanol–water partition coefficient (Wildman–Crippen LogP) is 6.08. The standard InChI is InChI=1S/C32H35N3O5/c1-5-22(2)30(36)33-31-34(3)28(29(35(31)32(37)38)20-24-11-15-26(39-4)16-12-24)19-23-13-17-27(18-14-23)40-21-25-9-7-6-8-10-25/h6-18,20,22,28H,5,19,21H2,1-4H3,(H,37,38)/b29-20-,33-31?. The van der Waals surface area contributed by atoms with E-state index in [-0.39, 0.29) is 23.8 Å². The zero-order valence-corrected chi connectivity index (χ0v) is 23.3. The molecule has 0 aliphatic carbocycles. The minimum Gasteiger partial charge on any atom is -0.497 e. The average Bonchev–Trinajstić information content (AvgIpc) is 3.22. The molecular weight excluding hydrogens is 506 g/mol. The molecule has 2 amide bonds. The first-order valence-corrected chi connectivity index (χ1v) is 13.3. The van der Waals surface area contributed by atoms with E-state index in [9.17, 15) is 14.7 Å². The zero-order valence-electron chi connectivity index (χ0n) is 23.3. The Kier molecular flexibility index (Phi) is 9.22. The van der Waals surface area contributed by atoms with Crippen LogP contribution in [0.25, 0.3) is 6.08 Å². The number of ether oxygens (including phenoxy) is 2. The molecule has 8 heteroatoms. The summed E-state index contributed by atoms with van der Waals surface area (Å²) in [5, 5.41) is 10.2. The number of carboxylic acid groups (broad SMARTS) is 1. The van der Waals surface area contributed by atoms with Crippen LogP contribution < -0.4 is 9.47 Å². The van der Waals surface area contributed by atoms with Crippen molar-refractivity contribution in [3.8, 4) is 11.5 Å². The number of likely N-dealkylation sites (N-methyl/N-ethyl adjacent to an activating group) is 1. The number of hydrogen-bond donors (Lipinski definition) is 1. The number of methoxy groups -OCH3 is 1. The van der Waals surface area contributed by atoms with Crippen molar-refractivity contribution in [3.63, 3.8) is 0 Å². The maximum absolute atomic E-state index is 12.8. The van der Waals surface area contributed by atoms with Crippen molar-refractivity contribution in [1.29, 1.82) is 0 Å². The first-order valence-electron chi connectivity index (χ1n) is 13.3. The number of carbonyl (C=O) groups is 2. The largest absolute Gasteiger partial charge is 0.497 e. The van der Waals surface area contributed by atoms with Crippen molar-refractivity contribution in [3.05, 3.63) is 101 Å². The molecular formula is C32H35N3O5. The summed E-state index contributed by atoms with van der Waals surface area (Å²) < 4.78 is 11.2. The fraction of sp³-hybridized carbons (Fsp3) is 0.281. The molecule has 1 aliphatic heterocycles. The number of hydrogen-bond acceptors (Lipinski definition) is 4. The third kappa shape index (κ3) is 6.69. The van der Waals surface area contributed by atoms with Crippen LogP contribution in [0.15, 0.2) is 89.6 Å². The summed E-state index contributed by atoms with van der Waals surface area (Å²) in [6.45, 7) is 4.17. The van der Waals surface area contributed by atoms with Gasteiger partial charge in [0.05, 0.1) is 18.8 Å². The minimum atomic E-state index is -1.20.